The topological polar surface area (TPSA) is 452 Å². The van der Waals surface area contributed by atoms with Gasteiger partial charge in [-0.1, -0.05) is 24.3 Å². The van der Waals surface area contributed by atoms with E-state index >= 15 is 0 Å². The van der Waals surface area contributed by atoms with Crippen LogP contribution in [-0.4, -0.2) is 254 Å². The molecule has 16 aromatic rings. The molecule has 0 bridgehead atoms. The van der Waals surface area contributed by atoms with Crippen LogP contribution in [-0.2, 0) is 35.5 Å². The first-order chi connectivity index (χ1) is 67.3. The number of nitrogens with one attached hydrogen (secondary N) is 9. The van der Waals surface area contributed by atoms with E-state index in [2.05, 4.69) is 155 Å². The number of fused-ring (bicyclic) bond motifs is 4. The van der Waals surface area contributed by atoms with Crippen molar-refractivity contribution in [2.45, 2.75) is 66.7 Å². The molecule has 3 aliphatic heterocycles. The Morgan fingerprint density at radius 1 is 0.435 bits per heavy atom. The molecule has 0 radical (unpaired) electrons. The number of rotatable bonds is 26. The number of amides is 5. The van der Waals surface area contributed by atoms with Gasteiger partial charge in [0, 0.05) is 185 Å². The van der Waals surface area contributed by atoms with E-state index in [1.165, 1.54) is 4.57 Å². The van der Waals surface area contributed by atoms with Crippen LogP contribution in [0.4, 0.5) is 43.0 Å². The first-order valence-corrected chi connectivity index (χ1v) is 45.7. The quantitative estimate of drug-likeness (QED) is 0.0227. The van der Waals surface area contributed by atoms with Crippen molar-refractivity contribution in [3.63, 3.8) is 0 Å². The third-order valence-corrected chi connectivity index (χ3v) is 22.7. The maximum atomic E-state index is 12.1. The number of carbonyl (C=O) groups is 4. The number of H-pyrrole nitrogens is 4. The van der Waals surface area contributed by atoms with Gasteiger partial charge in [-0.05, 0) is 192 Å². The van der Waals surface area contributed by atoms with Crippen molar-refractivity contribution in [2.24, 2.45) is 7.05 Å². The number of aromatic nitrogens is 17. The summed E-state index contributed by atoms with van der Waals surface area (Å²) in [5, 5.41) is 13.3. The summed E-state index contributed by atoms with van der Waals surface area (Å²) in [5.74, 6) is 2.90. The number of imidazole rings is 4. The monoisotopic (exact) mass is 1870 g/mol. The number of nitrogens with zero attached hydrogens (tertiary/aromatic N) is 16. The number of anilines is 4. The number of morpholine rings is 3. The Morgan fingerprint density at radius 3 is 1.20 bits per heavy atom. The van der Waals surface area contributed by atoms with Crippen LogP contribution >= 0.6 is 0 Å². The molecule has 1 unspecified atom stereocenters. The summed E-state index contributed by atoms with van der Waals surface area (Å²) in [4.78, 5) is 134. The standard InChI is InChI=1S/C28H32N6O3.C26H29N7O3.C26H28N6O4.C20H18N6O3/c1-5-36-28(35)33-27-31-25-13-21(12-22(26(25)32-27)24-8-6-7-11-29-24)20-9-10-23(30-14-20)19(4)34-15-17(2)37-18(3)16-34;1-2-27-26(34)32-25-30-22-16-19(15-20(24(22)31-25)21-5-3-4-8-28-21)18-6-7-23(29-17-18)36-14-11-33-9-12-35-13-10-33;1-2-35-26(33)31-25-29-22-16-19(15-20(24(22)30-25)21-5-3-4-8-27-21)18-6-7-23(28-17-18)36-14-11-32-9-12-34-13-10-32;1-3-29-20(28)25-19-23-15-10-13(12-5-8-26(2)16(27)11-12)9-14(17(15)24-19)18-21-6-4-7-22-18/h6-14,17-19H,5,15-16H2,1-4H3,(H2,31,32,33,35);3-8,15-17H,2,9-14H2,1H3,(H3,27,30,31,32,34);3-8,15-17H,2,9-14H2,1H3,(H2,29,30,31,33);4-11H,3H2,1-2H3,(H2,23,24,25,28)/t17-,18+,19?;;;. The molecule has 3 atom stereocenters. The van der Waals surface area contributed by atoms with Crippen molar-refractivity contribution in [2.75, 3.05) is 140 Å². The lowest BCUT2D eigenvalue weighted by atomic mass is 10.00. The molecule has 710 valence electrons. The Labute approximate surface area is 793 Å². The SMILES string of the molecule is CCNC(=O)Nc1nc2c(-c3ccccn3)cc(-c3ccc(OCCN4CCOCC4)nc3)cc2[nH]1.CCOC(=O)Nc1nc2c(-c3ccccn3)cc(-c3ccc(C(C)N4C[C@@H](C)O[C@@H](C)C4)nc3)cc2[nH]1.CCOC(=O)Nc1nc2c(-c3ccccn3)cc(-c3ccc(OCCN4CCOCC4)nc3)cc2[nH]1.CCOC(=O)Nc1nc2c(-c3ncccn3)cc(-c3ccn(C)c(=O)c3)cc2[nH]1. The minimum absolute atomic E-state index is 0.116. The fourth-order valence-corrected chi connectivity index (χ4v) is 16.0. The Balaban J connectivity index is 0.000000134. The predicted molar refractivity (Wildman–Crippen MR) is 526 cm³/mol. The fourth-order valence-electron chi connectivity index (χ4n) is 16.0. The van der Waals surface area contributed by atoms with Gasteiger partial charge in [0.1, 0.15) is 18.7 Å². The Hall–Kier alpha value is -15.9. The molecule has 38 nitrogen and oxygen atoms in total. The van der Waals surface area contributed by atoms with Gasteiger partial charge in [-0.15, -0.1) is 0 Å². The van der Waals surface area contributed by atoms with E-state index in [1.54, 1.807) is 89.5 Å². The molecule has 3 saturated heterocycles. The number of carbonyl (C=O) groups excluding carboxylic acids is 4. The molecular formula is C100H107N25O13. The third kappa shape index (κ3) is 24.6. The molecule has 9 N–H and O–H groups in total. The highest BCUT2D eigenvalue weighted by molar-refractivity contribution is 6.02. The van der Waals surface area contributed by atoms with E-state index < -0.39 is 18.3 Å². The highest BCUT2D eigenvalue weighted by Gasteiger charge is 2.29. The maximum absolute atomic E-state index is 12.1. The van der Waals surface area contributed by atoms with Crippen molar-refractivity contribution in [3.8, 4) is 101 Å². The molecule has 138 heavy (non-hydrogen) atoms. The van der Waals surface area contributed by atoms with E-state index in [1.807, 2.05) is 141 Å². The van der Waals surface area contributed by atoms with Gasteiger partial charge in [-0.25, -0.2) is 59.0 Å². The maximum Gasteiger partial charge on any atom is 0.413 e. The highest BCUT2D eigenvalue weighted by Crippen LogP contribution is 2.39. The van der Waals surface area contributed by atoms with Crippen LogP contribution in [0.1, 0.15) is 60.2 Å². The van der Waals surface area contributed by atoms with E-state index in [4.69, 9.17) is 42.9 Å². The number of hydrogen-bond acceptors (Lipinski definition) is 28. The second kappa shape index (κ2) is 45.9. The van der Waals surface area contributed by atoms with Crippen LogP contribution in [0.3, 0.4) is 0 Å². The number of ether oxygens (including phenoxy) is 8. The molecule has 3 aliphatic rings. The van der Waals surface area contributed by atoms with E-state index in [0.29, 0.717) is 82.8 Å². The van der Waals surface area contributed by atoms with Gasteiger partial charge < -0.3 is 67.7 Å². The Morgan fingerprint density at radius 2 is 0.826 bits per heavy atom. The molecule has 15 heterocycles. The van der Waals surface area contributed by atoms with Crippen LogP contribution in [0, 0.1) is 0 Å². The predicted octanol–water partition coefficient (Wildman–Crippen LogP) is 15.9. The molecule has 19 rings (SSSR count). The summed E-state index contributed by atoms with van der Waals surface area (Å²) in [6.45, 7) is 26.3. The number of urea groups is 1. The first kappa shape index (κ1) is 95.3. The van der Waals surface area contributed by atoms with Crippen molar-refractivity contribution in [1.29, 1.82) is 0 Å². The number of benzene rings is 4. The molecular weight excluding hydrogens is 1760 g/mol. The number of hydrogen-bond donors (Lipinski definition) is 9. The van der Waals surface area contributed by atoms with Crippen molar-refractivity contribution < 1.29 is 57.1 Å². The second-order valence-electron chi connectivity index (χ2n) is 32.4. The highest BCUT2D eigenvalue weighted by atomic mass is 16.6. The summed E-state index contributed by atoms with van der Waals surface area (Å²) < 4.78 is 44.7. The third-order valence-electron chi connectivity index (χ3n) is 22.7. The lowest BCUT2D eigenvalue weighted by Gasteiger charge is -2.38. The van der Waals surface area contributed by atoms with Gasteiger partial charge in [0.2, 0.25) is 35.6 Å². The van der Waals surface area contributed by atoms with Gasteiger partial charge in [0.05, 0.1) is 120 Å². The zero-order chi connectivity index (χ0) is 95.8. The smallest absolute Gasteiger partial charge is 0.413 e. The zero-order valence-corrected chi connectivity index (χ0v) is 77.6. The fraction of sp³-hybridized carbons (Fsp3) is 0.290. The van der Waals surface area contributed by atoms with Crippen LogP contribution in [0.5, 0.6) is 11.8 Å². The number of aromatic amines is 4. The van der Waals surface area contributed by atoms with E-state index in [9.17, 15) is 24.0 Å². The molecule has 0 saturated carbocycles. The zero-order valence-electron chi connectivity index (χ0n) is 77.6. The van der Waals surface area contributed by atoms with Gasteiger partial charge in [0.15, 0.2) is 5.82 Å². The van der Waals surface area contributed by atoms with Gasteiger partial charge in [-0.2, -0.15) is 0 Å². The summed E-state index contributed by atoms with van der Waals surface area (Å²) in [5.41, 5.74) is 19.4. The van der Waals surface area contributed by atoms with Crippen LogP contribution in [0.15, 0.2) is 218 Å². The molecule has 4 aromatic carbocycles. The number of aryl methyl sites for hydroxylation is 1. The number of pyridine rings is 7. The lowest BCUT2D eigenvalue weighted by molar-refractivity contribution is -0.0793. The van der Waals surface area contributed by atoms with Gasteiger partial charge >= 0.3 is 24.3 Å². The minimum Gasteiger partial charge on any atom is -0.476 e. The van der Waals surface area contributed by atoms with Gasteiger partial charge in [0.25, 0.3) is 5.56 Å². The Bertz CT molecular complexity index is 6650. The van der Waals surface area contributed by atoms with Crippen LogP contribution in [0.25, 0.3) is 134 Å². The molecule has 38 heteroatoms. The summed E-state index contributed by atoms with van der Waals surface area (Å²) in [7, 11) is 1.70. The average molecular weight is 1870 g/mol. The molecule has 0 aliphatic carbocycles. The summed E-state index contributed by atoms with van der Waals surface area (Å²) >= 11 is 0. The van der Waals surface area contributed by atoms with Crippen LogP contribution < -0.4 is 41.6 Å². The summed E-state index contributed by atoms with van der Waals surface area (Å²) in [6, 6.07) is 50.0. The molecule has 5 amide bonds. The lowest BCUT2D eigenvalue weighted by Crippen LogP contribution is -2.46. The van der Waals surface area contributed by atoms with E-state index in [0.717, 1.165) is 185 Å². The van der Waals surface area contributed by atoms with Crippen LogP contribution in [0.2, 0.25) is 0 Å². The largest absolute Gasteiger partial charge is 0.476 e. The van der Waals surface area contributed by atoms with Gasteiger partial charge in [-0.3, -0.25) is 60.7 Å². The second-order valence-corrected chi connectivity index (χ2v) is 32.4. The van der Waals surface area contributed by atoms with Crippen molar-refractivity contribution in [3.05, 3.63) is 230 Å². The molecule has 0 spiro atoms. The molecule has 12 aromatic heterocycles. The average Bonchev–Trinajstić information content (AvgIpc) is 1.62. The minimum atomic E-state index is -0.601. The first-order valence-electron chi connectivity index (χ1n) is 45.7. The van der Waals surface area contributed by atoms with Crippen molar-refractivity contribution >= 4 is 92.2 Å². The normalized spacial score (nSPS) is 14.7. The van der Waals surface area contributed by atoms with Crippen molar-refractivity contribution in [1.82, 2.24) is 104 Å². The molecule has 3 fully saturated rings. The summed E-state index contributed by atoms with van der Waals surface area (Å²) in [6.07, 6.45) is 14.4. The Kier molecular flexibility index (Phi) is 31.7. The van der Waals surface area contributed by atoms with E-state index in [-0.39, 0.29) is 55.6 Å².